The number of nitrogens with one attached hydrogen (secondary N) is 1. The summed E-state index contributed by atoms with van der Waals surface area (Å²) in [5.41, 5.74) is 0.740. The van der Waals surface area contributed by atoms with Crippen LogP contribution in [0.4, 0.5) is 0 Å². The van der Waals surface area contributed by atoms with E-state index in [1.807, 2.05) is 0 Å². The molecule has 0 amide bonds. The van der Waals surface area contributed by atoms with E-state index in [0.717, 1.165) is 11.3 Å². The maximum atomic E-state index is 3.38. The van der Waals surface area contributed by atoms with Crippen molar-refractivity contribution in [2.24, 2.45) is 11.3 Å². The van der Waals surface area contributed by atoms with Crippen LogP contribution in [0.2, 0.25) is 0 Å². The fraction of sp³-hybridized carbons (Fsp3) is 1.00. The molecule has 0 heterocycles. The zero-order valence-electron chi connectivity index (χ0n) is 9.65. The predicted molar refractivity (Wildman–Crippen MR) is 61.4 cm³/mol. The quantitative estimate of drug-likeness (QED) is 0.678. The van der Waals surface area contributed by atoms with Gasteiger partial charge in [-0.2, -0.15) is 0 Å². The summed E-state index contributed by atoms with van der Waals surface area (Å²) < 4.78 is 0. The number of hydrogen-bond donors (Lipinski definition) is 1. The molecule has 0 aliphatic heterocycles. The smallest absolute Gasteiger partial charge is 0.000491 e. The Balaban J connectivity index is 1.77. The summed E-state index contributed by atoms with van der Waals surface area (Å²) >= 11 is 0. The highest BCUT2D eigenvalue weighted by Gasteiger charge is 2.42. The molecule has 2 aliphatic rings. The van der Waals surface area contributed by atoms with E-state index in [9.17, 15) is 0 Å². The Morgan fingerprint density at radius 1 is 1.07 bits per heavy atom. The zero-order chi connectivity index (χ0) is 9.86. The molecule has 1 heteroatoms. The van der Waals surface area contributed by atoms with Crippen LogP contribution in [0.5, 0.6) is 0 Å². The largest absolute Gasteiger partial charge is 0.319 e. The third-order valence-electron chi connectivity index (χ3n) is 4.21. The van der Waals surface area contributed by atoms with E-state index < -0.39 is 0 Å². The van der Waals surface area contributed by atoms with Gasteiger partial charge in [0.1, 0.15) is 0 Å². The molecule has 2 aliphatic carbocycles. The molecule has 0 spiro atoms. The van der Waals surface area contributed by atoms with Crippen molar-refractivity contribution in [3.8, 4) is 0 Å². The summed E-state index contributed by atoms with van der Waals surface area (Å²) in [6, 6.07) is 0. The van der Waals surface area contributed by atoms with Crippen molar-refractivity contribution in [3.05, 3.63) is 0 Å². The van der Waals surface area contributed by atoms with Gasteiger partial charge in [0.15, 0.2) is 0 Å². The van der Waals surface area contributed by atoms with Crippen LogP contribution in [0.1, 0.15) is 57.8 Å². The van der Waals surface area contributed by atoms with E-state index in [1.165, 1.54) is 64.3 Å². The molecule has 82 valence electrons. The fourth-order valence-corrected chi connectivity index (χ4v) is 3.19. The van der Waals surface area contributed by atoms with Gasteiger partial charge in [0.05, 0.1) is 0 Å². The molecule has 14 heavy (non-hydrogen) atoms. The average molecular weight is 195 g/mol. The van der Waals surface area contributed by atoms with Crippen LogP contribution in [-0.4, -0.2) is 13.6 Å². The summed E-state index contributed by atoms with van der Waals surface area (Å²) in [5.74, 6) is 1.06. The second kappa shape index (κ2) is 4.65. The lowest BCUT2D eigenvalue weighted by molar-refractivity contribution is 0.316. The van der Waals surface area contributed by atoms with Gasteiger partial charge in [-0.15, -0.1) is 0 Å². The Morgan fingerprint density at radius 2 is 1.71 bits per heavy atom. The summed E-state index contributed by atoms with van der Waals surface area (Å²) in [6.45, 7) is 1.27. The molecule has 1 N–H and O–H groups in total. The molecule has 0 atom stereocenters. The third-order valence-corrected chi connectivity index (χ3v) is 4.21. The van der Waals surface area contributed by atoms with Gasteiger partial charge in [-0.05, 0) is 37.6 Å². The van der Waals surface area contributed by atoms with Gasteiger partial charge in [-0.1, -0.05) is 38.5 Å². The first-order valence-electron chi connectivity index (χ1n) is 6.49. The standard InChI is InChI=1S/C13H25N/c1-14-11-13(8-9-13)10-12-6-4-2-3-5-7-12/h12,14H,2-11H2,1H3. The minimum Gasteiger partial charge on any atom is -0.319 e. The van der Waals surface area contributed by atoms with Crippen molar-refractivity contribution in [2.75, 3.05) is 13.6 Å². The maximum Gasteiger partial charge on any atom is 0.000491 e. The van der Waals surface area contributed by atoms with Crippen molar-refractivity contribution in [3.63, 3.8) is 0 Å². The van der Waals surface area contributed by atoms with Gasteiger partial charge in [-0.3, -0.25) is 0 Å². The average Bonchev–Trinajstić information content (AvgIpc) is 2.93. The van der Waals surface area contributed by atoms with Crippen LogP contribution in [0.15, 0.2) is 0 Å². The van der Waals surface area contributed by atoms with Crippen LogP contribution < -0.4 is 5.32 Å². The monoisotopic (exact) mass is 195 g/mol. The molecular weight excluding hydrogens is 170 g/mol. The molecule has 0 saturated heterocycles. The summed E-state index contributed by atoms with van der Waals surface area (Å²) in [5, 5.41) is 3.38. The Kier molecular flexibility index (Phi) is 3.48. The molecule has 0 radical (unpaired) electrons. The fourth-order valence-electron chi connectivity index (χ4n) is 3.19. The molecule has 1 nitrogen and oxygen atoms in total. The lowest BCUT2D eigenvalue weighted by Crippen LogP contribution is -2.22. The van der Waals surface area contributed by atoms with Crippen LogP contribution in [-0.2, 0) is 0 Å². The summed E-state index contributed by atoms with van der Waals surface area (Å²) in [4.78, 5) is 0. The highest BCUT2D eigenvalue weighted by Crippen LogP contribution is 2.51. The van der Waals surface area contributed by atoms with Crippen molar-refractivity contribution >= 4 is 0 Å². The van der Waals surface area contributed by atoms with E-state index in [2.05, 4.69) is 12.4 Å². The van der Waals surface area contributed by atoms with Crippen LogP contribution in [0, 0.1) is 11.3 Å². The van der Waals surface area contributed by atoms with Crippen LogP contribution >= 0.6 is 0 Å². The highest BCUT2D eigenvalue weighted by molar-refractivity contribution is 4.96. The summed E-state index contributed by atoms with van der Waals surface area (Å²) in [7, 11) is 2.10. The highest BCUT2D eigenvalue weighted by atomic mass is 14.8. The van der Waals surface area contributed by atoms with E-state index in [0.29, 0.717) is 0 Å². The molecule has 2 fully saturated rings. The molecule has 2 rings (SSSR count). The molecule has 0 aromatic rings. The minimum absolute atomic E-state index is 0.740. The normalized spacial score (nSPS) is 27.2. The Labute approximate surface area is 88.7 Å². The van der Waals surface area contributed by atoms with E-state index >= 15 is 0 Å². The molecule has 0 unspecified atom stereocenters. The molecule has 0 aromatic heterocycles. The Bertz CT molecular complexity index is 164. The van der Waals surface area contributed by atoms with Crippen molar-refractivity contribution in [2.45, 2.75) is 57.8 Å². The first kappa shape index (κ1) is 10.5. The number of rotatable bonds is 4. The van der Waals surface area contributed by atoms with E-state index in [-0.39, 0.29) is 0 Å². The topological polar surface area (TPSA) is 12.0 Å². The Hall–Kier alpha value is -0.0400. The van der Waals surface area contributed by atoms with Gasteiger partial charge in [-0.25, -0.2) is 0 Å². The second-order valence-corrected chi connectivity index (χ2v) is 5.59. The van der Waals surface area contributed by atoms with Gasteiger partial charge >= 0.3 is 0 Å². The van der Waals surface area contributed by atoms with E-state index in [4.69, 9.17) is 0 Å². The van der Waals surface area contributed by atoms with Crippen LogP contribution in [0.3, 0.4) is 0 Å². The minimum atomic E-state index is 0.740. The summed E-state index contributed by atoms with van der Waals surface area (Å²) in [6.07, 6.45) is 13.5. The second-order valence-electron chi connectivity index (χ2n) is 5.59. The molecule has 2 saturated carbocycles. The molecule has 0 bridgehead atoms. The first-order valence-corrected chi connectivity index (χ1v) is 6.49. The lowest BCUT2D eigenvalue weighted by atomic mass is 9.87. The van der Waals surface area contributed by atoms with E-state index in [1.54, 1.807) is 0 Å². The molecule has 0 aromatic carbocycles. The third kappa shape index (κ3) is 2.73. The van der Waals surface area contributed by atoms with Gasteiger partial charge in [0, 0.05) is 6.54 Å². The SMILES string of the molecule is CNCC1(CC2CCCCCC2)CC1. The van der Waals surface area contributed by atoms with Crippen molar-refractivity contribution in [1.29, 1.82) is 0 Å². The zero-order valence-corrected chi connectivity index (χ0v) is 9.65. The van der Waals surface area contributed by atoms with Gasteiger partial charge in [0.25, 0.3) is 0 Å². The van der Waals surface area contributed by atoms with Gasteiger partial charge < -0.3 is 5.32 Å². The predicted octanol–water partition coefficient (Wildman–Crippen LogP) is 3.35. The Morgan fingerprint density at radius 3 is 2.21 bits per heavy atom. The number of hydrogen-bond acceptors (Lipinski definition) is 1. The first-order chi connectivity index (χ1) is 6.85. The van der Waals surface area contributed by atoms with Crippen LogP contribution in [0.25, 0.3) is 0 Å². The van der Waals surface area contributed by atoms with Crippen molar-refractivity contribution in [1.82, 2.24) is 5.32 Å². The lowest BCUT2D eigenvalue weighted by Gasteiger charge is -2.21. The maximum absolute atomic E-state index is 3.38. The molecular formula is C13H25N. The van der Waals surface area contributed by atoms with Crippen molar-refractivity contribution < 1.29 is 0 Å². The van der Waals surface area contributed by atoms with Gasteiger partial charge in [0.2, 0.25) is 0 Å².